The van der Waals surface area contributed by atoms with Gasteiger partial charge in [0.25, 0.3) is 0 Å². The van der Waals surface area contributed by atoms with Gasteiger partial charge in [-0.3, -0.25) is 0 Å². The lowest BCUT2D eigenvalue weighted by Gasteiger charge is -2.24. The first-order valence-electron chi connectivity index (χ1n) is 8.43. The summed E-state index contributed by atoms with van der Waals surface area (Å²) >= 11 is 0. The lowest BCUT2D eigenvalue weighted by molar-refractivity contribution is -0.355. The van der Waals surface area contributed by atoms with E-state index in [9.17, 15) is 0 Å². The van der Waals surface area contributed by atoms with Gasteiger partial charge in [0.15, 0.2) is 0 Å². The van der Waals surface area contributed by atoms with Crippen LogP contribution in [-0.2, 0) is 9.78 Å². The highest BCUT2D eigenvalue weighted by atomic mass is 17.2. The van der Waals surface area contributed by atoms with Crippen LogP contribution < -0.4 is 0 Å². The molecule has 122 valence electrons. The quantitative estimate of drug-likeness (QED) is 0.258. The summed E-state index contributed by atoms with van der Waals surface area (Å²) in [5, 5.41) is 0. The van der Waals surface area contributed by atoms with Crippen molar-refractivity contribution >= 4 is 0 Å². The number of rotatable bonds is 11. The van der Waals surface area contributed by atoms with Crippen molar-refractivity contribution in [3.63, 3.8) is 0 Å². The topological polar surface area (TPSA) is 18.5 Å². The lowest BCUT2D eigenvalue weighted by atomic mass is 9.89. The molecule has 0 aliphatic rings. The molecule has 0 aliphatic carbocycles. The molecule has 0 aromatic heterocycles. The van der Waals surface area contributed by atoms with Gasteiger partial charge >= 0.3 is 0 Å². The Balaban J connectivity index is 3.43. The van der Waals surface area contributed by atoms with E-state index in [-0.39, 0.29) is 5.60 Å². The zero-order valence-electron chi connectivity index (χ0n) is 15.1. The van der Waals surface area contributed by atoms with Crippen LogP contribution in [0.2, 0.25) is 0 Å². The van der Waals surface area contributed by atoms with Gasteiger partial charge in [-0.15, -0.1) is 0 Å². The Bertz CT molecular complexity index is 226. The Morgan fingerprint density at radius 2 is 1.40 bits per heavy atom. The summed E-state index contributed by atoms with van der Waals surface area (Å²) in [5.74, 6) is 0.723. The summed E-state index contributed by atoms with van der Waals surface area (Å²) in [6.07, 6.45) is 8.52. The molecule has 0 N–H and O–H groups in total. The van der Waals surface area contributed by atoms with E-state index >= 15 is 0 Å². The molecule has 0 aliphatic heterocycles. The fourth-order valence-corrected chi connectivity index (χ4v) is 2.05. The second-order valence-electron chi connectivity index (χ2n) is 8.32. The number of hydrogen-bond acceptors (Lipinski definition) is 2. The zero-order valence-corrected chi connectivity index (χ0v) is 15.1. The van der Waals surface area contributed by atoms with Gasteiger partial charge in [-0.05, 0) is 50.9 Å². The SMILES string of the molecule is CC(C)CCC(C)(C)OOCCCCCCC(C)(C)C. The van der Waals surface area contributed by atoms with Gasteiger partial charge in [0.05, 0.1) is 12.2 Å². The molecule has 0 bridgehead atoms. The molecule has 0 fully saturated rings. The molecule has 0 aromatic rings. The molecule has 0 heterocycles. The van der Waals surface area contributed by atoms with Crippen LogP contribution in [0.25, 0.3) is 0 Å². The second-order valence-corrected chi connectivity index (χ2v) is 8.32. The minimum atomic E-state index is -0.156. The summed E-state index contributed by atoms with van der Waals surface area (Å²) in [5.41, 5.74) is 0.316. The van der Waals surface area contributed by atoms with Crippen molar-refractivity contribution in [2.24, 2.45) is 11.3 Å². The second kappa shape index (κ2) is 9.78. The largest absolute Gasteiger partial charge is 0.236 e. The smallest absolute Gasteiger partial charge is 0.0980 e. The molecule has 0 radical (unpaired) electrons. The first-order valence-corrected chi connectivity index (χ1v) is 8.43. The Labute approximate surface area is 127 Å². The minimum absolute atomic E-state index is 0.156. The van der Waals surface area contributed by atoms with E-state index < -0.39 is 0 Å². The highest BCUT2D eigenvalue weighted by Gasteiger charge is 2.20. The fourth-order valence-electron chi connectivity index (χ4n) is 2.05. The molecular formula is C18H38O2. The lowest BCUT2D eigenvalue weighted by Crippen LogP contribution is -2.25. The number of hydrogen-bond donors (Lipinski definition) is 0. The van der Waals surface area contributed by atoms with Crippen molar-refractivity contribution in [2.45, 2.75) is 99.0 Å². The van der Waals surface area contributed by atoms with Crippen LogP contribution in [0.1, 0.15) is 93.4 Å². The van der Waals surface area contributed by atoms with E-state index in [1.54, 1.807) is 0 Å². The maximum atomic E-state index is 5.54. The summed E-state index contributed by atoms with van der Waals surface area (Å²) in [7, 11) is 0. The molecule has 0 amide bonds. The zero-order chi connectivity index (χ0) is 15.6. The third kappa shape index (κ3) is 14.3. The van der Waals surface area contributed by atoms with Crippen molar-refractivity contribution in [1.82, 2.24) is 0 Å². The Hall–Kier alpha value is -0.0800. The molecule has 0 atom stereocenters. The van der Waals surface area contributed by atoms with Crippen molar-refractivity contribution in [2.75, 3.05) is 6.61 Å². The van der Waals surface area contributed by atoms with Crippen LogP contribution >= 0.6 is 0 Å². The predicted molar refractivity (Wildman–Crippen MR) is 87.7 cm³/mol. The summed E-state index contributed by atoms with van der Waals surface area (Å²) in [4.78, 5) is 10.9. The third-order valence-electron chi connectivity index (χ3n) is 3.51. The van der Waals surface area contributed by atoms with E-state index in [0.717, 1.165) is 25.4 Å². The molecular weight excluding hydrogens is 248 g/mol. The first-order chi connectivity index (χ1) is 9.12. The summed E-state index contributed by atoms with van der Waals surface area (Å²) < 4.78 is 0. The van der Waals surface area contributed by atoms with E-state index in [1.165, 1.54) is 32.1 Å². The van der Waals surface area contributed by atoms with Crippen molar-refractivity contribution in [3.05, 3.63) is 0 Å². The van der Waals surface area contributed by atoms with Crippen molar-refractivity contribution in [3.8, 4) is 0 Å². The van der Waals surface area contributed by atoms with Gasteiger partial charge in [-0.2, -0.15) is 0 Å². The standard InChI is InChI=1S/C18H38O2/c1-16(2)12-14-18(6,7)20-19-15-11-9-8-10-13-17(3,4)5/h16H,8-15H2,1-7H3. The van der Waals surface area contributed by atoms with Crippen LogP contribution in [-0.4, -0.2) is 12.2 Å². The van der Waals surface area contributed by atoms with Gasteiger partial charge in [-0.1, -0.05) is 53.9 Å². The van der Waals surface area contributed by atoms with Gasteiger partial charge in [-0.25, -0.2) is 9.78 Å². The van der Waals surface area contributed by atoms with Gasteiger partial charge < -0.3 is 0 Å². The normalized spacial score (nSPS) is 13.2. The van der Waals surface area contributed by atoms with Gasteiger partial charge in [0.2, 0.25) is 0 Å². The molecule has 0 unspecified atom stereocenters. The van der Waals surface area contributed by atoms with E-state index in [1.807, 2.05) is 0 Å². The maximum absolute atomic E-state index is 5.54. The molecule has 2 heteroatoms. The van der Waals surface area contributed by atoms with E-state index in [2.05, 4.69) is 48.5 Å². The molecule has 0 saturated carbocycles. The van der Waals surface area contributed by atoms with Crippen LogP contribution in [0.4, 0.5) is 0 Å². The molecule has 20 heavy (non-hydrogen) atoms. The van der Waals surface area contributed by atoms with Gasteiger partial charge in [0, 0.05) is 0 Å². The summed E-state index contributed by atoms with van der Waals surface area (Å²) in [6.45, 7) is 16.4. The van der Waals surface area contributed by atoms with Crippen LogP contribution in [0.5, 0.6) is 0 Å². The number of unbranched alkanes of at least 4 members (excludes halogenated alkanes) is 3. The fraction of sp³-hybridized carbons (Fsp3) is 1.00. The minimum Gasteiger partial charge on any atom is -0.236 e. The van der Waals surface area contributed by atoms with Crippen LogP contribution in [0.3, 0.4) is 0 Å². The maximum Gasteiger partial charge on any atom is 0.0980 e. The van der Waals surface area contributed by atoms with Crippen LogP contribution in [0, 0.1) is 11.3 Å². The Morgan fingerprint density at radius 3 is 1.95 bits per heavy atom. The summed E-state index contributed by atoms with van der Waals surface area (Å²) in [6, 6.07) is 0. The average Bonchev–Trinajstić information content (AvgIpc) is 2.29. The predicted octanol–water partition coefficient (Wildman–Crippen LogP) is 6.15. The monoisotopic (exact) mass is 286 g/mol. The third-order valence-corrected chi connectivity index (χ3v) is 3.51. The highest BCUT2D eigenvalue weighted by Crippen LogP contribution is 2.23. The Kier molecular flexibility index (Phi) is 9.74. The molecule has 0 spiro atoms. The average molecular weight is 286 g/mol. The molecule has 0 aromatic carbocycles. The van der Waals surface area contributed by atoms with E-state index in [4.69, 9.17) is 9.78 Å². The highest BCUT2D eigenvalue weighted by molar-refractivity contribution is 4.67. The molecule has 0 saturated heterocycles. The first kappa shape index (κ1) is 19.9. The molecule has 2 nitrogen and oxygen atoms in total. The van der Waals surface area contributed by atoms with E-state index in [0.29, 0.717) is 5.41 Å². The van der Waals surface area contributed by atoms with Crippen LogP contribution in [0.15, 0.2) is 0 Å². The van der Waals surface area contributed by atoms with Crippen molar-refractivity contribution < 1.29 is 9.78 Å². The Morgan fingerprint density at radius 1 is 0.800 bits per heavy atom. The van der Waals surface area contributed by atoms with Gasteiger partial charge in [0.1, 0.15) is 0 Å². The molecule has 0 rings (SSSR count). The van der Waals surface area contributed by atoms with Crippen molar-refractivity contribution in [1.29, 1.82) is 0 Å².